The average Bonchev–Trinajstić information content (AvgIpc) is 2.95. The Hall–Kier alpha value is -2.53. The van der Waals surface area contributed by atoms with E-state index in [-0.39, 0.29) is 0 Å². The van der Waals surface area contributed by atoms with Gasteiger partial charge in [0.25, 0.3) is 0 Å². The number of rotatable bonds is 4. The van der Waals surface area contributed by atoms with Crippen LogP contribution in [0.2, 0.25) is 0 Å². The van der Waals surface area contributed by atoms with Gasteiger partial charge in [0, 0.05) is 5.69 Å². The van der Waals surface area contributed by atoms with Crippen molar-refractivity contribution in [1.29, 1.82) is 0 Å². The molecule has 1 aromatic carbocycles. The number of hydrogen-bond acceptors (Lipinski definition) is 4. The standard InChI is InChI=1S/C19H21N5/c1-13-10-11-16-18(20-13)24-17-9-5-4-7-14(17)22-19(24)15(21-16)8-6-12-23(2)3/h4-5,7,9-11H,6,8,12H2,1-3H3. The lowest BCUT2D eigenvalue weighted by molar-refractivity contribution is 0.400. The fraction of sp³-hybridized carbons (Fsp3) is 0.316. The molecule has 0 aliphatic heterocycles. The Kier molecular flexibility index (Phi) is 3.65. The van der Waals surface area contributed by atoms with Crippen LogP contribution in [0, 0.1) is 6.92 Å². The van der Waals surface area contributed by atoms with Gasteiger partial charge < -0.3 is 4.90 Å². The summed E-state index contributed by atoms with van der Waals surface area (Å²) < 4.78 is 2.16. The minimum Gasteiger partial charge on any atom is -0.309 e. The van der Waals surface area contributed by atoms with Crippen LogP contribution >= 0.6 is 0 Å². The van der Waals surface area contributed by atoms with E-state index >= 15 is 0 Å². The second kappa shape index (κ2) is 5.83. The third kappa shape index (κ3) is 2.51. The monoisotopic (exact) mass is 319 g/mol. The van der Waals surface area contributed by atoms with Crippen LogP contribution in [0.25, 0.3) is 27.8 Å². The number of benzene rings is 1. The van der Waals surface area contributed by atoms with Gasteiger partial charge >= 0.3 is 0 Å². The molecule has 24 heavy (non-hydrogen) atoms. The molecular formula is C19H21N5. The van der Waals surface area contributed by atoms with E-state index in [2.05, 4.69) is 35.5 Å². The lowest BCUT2D eigenvalue weighted by Gasteiger charge is -2.10. The van der Waals surface area contributed by atoms with Crippen molar-refractivity contribution >= 4 is 27.8 Å². The Morgan fingerprint density at radius 3 is 2.58 bits per heavy atom. The van der Waals surface area contributed by atoms with E-state index in [4.69, 9.17) is 15.0 Å². The quantitative estimate of drug-likeness (QED) is 0.579. The van der Waals surface area contributed by atoms with Gasteiger partial charge in [-0.15, -0.1) is 0 Å². The zero-order valence-electron chi connectivity index (χ0n) is 14.3. The van der Waals surface area contributed by atoms with Crippen LogP contribution in [0.4, 0.5) is 0 Å². The predicted molar refractivity (Wildman–Crippen MR) is 97.4 cm³/mol. The van der Waals surface area contributed by atoms with E-state index in [9.17, 15) is 0 Å². The Morgan fingerprint density at radius 1 is 0.917 bits per heavy atom. The molecule has 3 heterocycles. The Morgan fingerprint density at radius 2 is 1.75 bits per heavy atom. The van der Waals surface area contributed by atoms with Gasteiger partial charge in [-0.05, 0) is 64.7 Å². The summed E-state index contributed by atoms with van der Waals surface area (Å²) in [5.74, 6) is 0. The Labute approximate surface area is 141 Å². The van der Waals surface area contributed by atoms with Crippen molar-refractivity contribution in [3.8, 4) is 0 Å². The van der Waals surface area contributed by atoms with E-state index in [1.807, 2.05) is 31.2 Å². The van der Waals surface area contributed by atoms with Crippen LogP contribution in [-0.2, 0) is 6.42 Å². The van der Waals surface area contributed by atoms with Crippen LogP contribution in [0.1, 0.15) is 17.8 Å². The molecule has 0 atom stereocenters. The van der Waals surface area contributed by atoms with E-state index in [0.29, 0.717) is 0 Å². The lowest BCUT2D eigenvalue weighted by atomic mass is 10.2. The first-order chi connectivity index (χ1) is 11.6. The summed E-state index contributed by atoms with van der Waals surface area (Å²) in [5, 5.41) is 0. The largest absolute Gasteiger partial charge is 0.309 e. The highest BCUT2D eigenvalue weighted by atomic mass is 15.1. The van der Waals surface area contributed by atoms with Crippen LogP contribution in [-0.4, -0.2) is 44.9 Å². The van der Waals surface area contributed by atoms with Gasteiger partial charge in [0.05, 0.1) is 16.7 Å². The third-order valence-electron chi connectivity index (χ3n) is 4.30. The second-order valence-electron chi connectivity index (χ2n) is 6.52. The maximum atomic E-state index is 4.87. The molecule has 3 aromatic heterocycles. The molecule has 0 fully saturated rings. The average molecular weight is 319 g/mol. The predicted octanol–water partition coefficient (Wildman–Crippen LogP) is 3.23. The topological polar surface area (TPSA) is 46.3 Å². The van der Waals surface area contributed by atoms with E-state index in [1.165, 1.54) is 0 Å². The molecule has 5 nitrogen and oxygen atoms in total. The highest BCUT2D eigenvalue weighted by Crippen LogP contribution is 2.24. The summed E-state index contributed by atoms with van der Waals surface area (Å²) >= 11 is 0. The first-order valence-electron chi connectivity index (χ1n) is 8.31. The van der Waals surface area contributed by atoms with Gasteiger partial charge in [-0.3, -0.25) is 4.40 Å². The third-order valence-corrected chi connectivity index (χ3v) is 4.30. The molecule has 0 aliphatic carbocycles. The number of nitrogens with zero attached hydrogens (tertiary/aromatic N) is 5. The van der Waals surface area contributed by atoms with Gasteiger partial charge in [-0.2, -0.15) is 0 Å². The fourth-order valence-electron chi connectivity index (χ4n) is 3.15. The summed E-state index contributed by atoms with van der Waals surface area (Å²) in [6, 6.07) is 12.3. The van der Waals surface area contributed by atoms with Crippen molar-refractivity contribution in [2.75, 3.05) is 20.6 Å². The number of aryl methyl sites for hydroxylation is 2. The van der Waals surface area contributed by atoms with Gasteiger partial charge in [0.15, 0.2) is 11.3 Å². The molecule has 0 aliphatic rings. The summed E-state index contributed by atoms with van der Waals surface area (Å²) in [5.41, 5.74) is 6.86. The molecule has 0 radical (unpaired) electrons. The molecule has 0 saturated carbocycles. The maximum Gasteiger partial charge on any atom is 0.165 e. The maximum absolute atomic E-state index is 4.87. The van der Waals surface area contributed by atoms with Crippen LogP contribution < -0.4 is 0 Å². The van der Waals surface area contributed by atoms with Crippen molar-refractivity contribution in [2.45, 2.75) is 19.8 Å². The molecule has 0 unspecified atom stereocenters. The molecular weight excluding hydrogens is 298 g/mol. The van der Waals surface area contributed by atoms with Gasteiger partial charge in [-0.25, -0.2) is 15.0 Å². The van der Waals surface area contributed by atoms with E-state index in [1.54, 1.807) is 0 Å². The van der Waals surface area contributed by atoms with Gasteiger partial charge in [0.2, 0.25) is 0 Å². The highest BCUT2D eigenvalue weighted by molar-refractivity contribution is 5.87. The van der Waals surface area contributed by atoms with Crippen LogP contribution in [0.5, 0.6) is 0 Å². The molecule has 0 bridgehead atoms. The number of aromatic nitrogens is 4. The molecule has 122 valence electrons. The number of hydrogen-bond donors (Lipinski definition) is 0. The first kappa shape index (κ1) is 15.0. The number of pyridine rings is 1. The van der Waals surface area contributed by atoms with Crippen molar-refractivity contribution < 1.29 is 0 Å². The molecule has 0 N–H and O–H groups in total. The zero-order valence-corrected chi connectivity index (χ0v) is 14.3. The van der Waals surface area contributed by atoms with Gasteiger partial charge in [-0.1, -0.05) is 12.1 Å². The Bertz CT molecular complexity index is 1030. The summed E-state index contributed by atoms with van der Waals surface area (Å²) in [6.45, 7) is 3.05. The van der Waals surface area contributed by atoms with E-state index < -0.39 is 0 Å². The first-order valence-corrected chi connectivity index (χ1v) is 8.31. The zero-order chi connectivity index (χ0) is 16.7. The molecule has 0 spiro atoms. The van der Waals surface area contributed by atoms with Crippen molar-refractivity contribution in [3.63, 3.8) is 0 Å². The Balaban J connectivity index is 1.99. The van der Waals surface area contributed by atoms with Crippen molar-refractivity contribution in [2.24, 2.45) is 0 Å². The molecule has 4 aromatic rings. The number of para-hydroxylation sites is 2. The van der Waals surface area contributed by atoms with Crippen LogP contribution in [0.15, 0.2) is 36.4 Å². The summed E-state index contributed by atoms with van der Waals surface area (Å²) in [7, 11) is 4.19. The smallest absolute Gasteiger partial charge is 0.165 e. The highest BCUT2D eigenvalue weighted by Gasteiger charge is 2.14. The second-order valence-corrected chi connectivity index (χ2v) is 6.52. The van der Waals surface area contributed by atoms with Crippen molar-refractivity contribution in [3.05, 3.63) is 47.8 Å². The molecule has 0 saturated heterocycles. The summed E-state index contributed by atoms with van der Waals surface area (Å²) in [6.07, 6.45) is 1.97. The number of fused-ring (bicyclic) bond motifs is 5. The normalized spacial score (nSPS) is 12.0. The van der Waals surface area contributed by atoms with Crippen molar-refractivity contribution in [1.82, 2.24) is 24.3 Å². The number of imidazole rings is 1. The minimum atomic E-state index is 0.884. The molecule has 0 amide bonds. The van der Waals surface area contributed by atoms with Gasteiger partial charge in [0.1, 0.15) is 5.52 Å². The molecule has 4 rings (SSSR count). The van der Waals surface area contributed by atoms with E-state index in [0.717, 1.165) is 58.6 Å². The summed E-state index contributed by atoms with van der Waals surface area (Å²) in [4.78, 5) is 16.6. The minimum absolute atomic E-state index is 0.884. The van der Waals surface area contributed by atoms with Crippen LogP contribution in [0.3, 0.4) is 0 Å². The molecule has 5 heteroatoms. The fourth-order valence-corrected chi connectivity index (χ4v) is 3.15. The lowest BCUT2D eigenvalue weighted by Crippen LogP contribution is -2.14. The SMILES string of the molecule is Cc1ccc2nc(CCCN(C)C)c3nc4ccccc4n3c2n1.